The second-order valence-corrected chi connectivity index (χ2v) is 1.81. The van der Waals surface area contributed by atoms with E-state index in [2.05, 4.69) is 10.2 Å². The number of aromatic amines is 1. The molecule has 0 fully saturated rings. The zero-order valence-electron chi connectivity index (χ0n) is 4.20. The Labute approximate surface area is 50.7 Å². The molecule has 8 heavy (non-hydrogen) atoms. The summed E-state index contributed by atoms with van der Waals surface area (Å²) in [5, 5.41) is 5.67. The minimum absolute atomic E-state index is 0.197. The molecule has 1 rings (SSSR count). The predicted octanol–water partition coefficient (Wildman–Crippen LogP) is 1.51. The van der Waals surface area contributed by atoms with Crippen molar-refractivity contribution in [1.29, 1.82) is 0 Å². The van der Waals surface area contributed by atoms with Crippen LogP contribution in [0.15, 0.2) is 0 Å². The molecule has 0 atom stereocenters. The highest BCUT2D eigenvalue weighted by Gasteiger charge is 2.02. The van der Waals surface area contributed by atoms with Gasteiger partial charge in [0, 0.05) is 5.56 Å². The Hall–Kier alpha value is -0.570. The average Bonchev–Trinajstić information content (AvgIpc) is 1.98. The van der Waals surface area contributed by atoms with Crippen molar-refractivity contribution >= 4 is 11.6 Å². The number of nitrogens with zero attached hydrogens (tertiary/aromatic N) is 1. The minimum atomic E-state index is -0.463. The van der Waals surface area contributed by atoms with Gasteiger partial charge in [-0.15, -0.1) is 0 Å². The van der Waals surface area contributed by atoms with Crippen molar-refractivity contribution in [3.63, 3.8) is 0 Å². The number of rotatable bonds is 0. The highest BCUT2D eigenvalue weighted by molar-refractivity contribution is 6.30. The van der Waals surface area contributed by atoms with Crippen molar-refractivity contribution in [2.75, 3.05) is 0 Å². The molecule has 0 unspecified atom stereocenters. The van der Waals surface area contributed by atoms with E-state index in [0.29, 0.717) is 5.56 Å². The van der Waals surface area contributed by atoms with E-state index in [1.807, 2.05) is 0 Å². The molecule has 2 nitrogen and oxygen atoms in total. The van der Waals surface area contributed by atoms with Gasteiger partial charge in [-0.05, 0) is 6.92 Å². The van der Waals surface area contributed by atoms with E-state index in [1.165, 1.54) is 0 Å². The Morgan fingerprint density at radius 1 is 1.75 bits per heavy atom. The van der Waals surface area contributed by atoms with Crippen LogP contribution in [-0.4, -0.2) is 10.2 Å². The van der Waals surface area contributed by atoms with Crippen molar-refractivity contribution in [1.82, 2.24) is 10.2 Å². The van der Waals surface area contributed by atoms with E-state index in [0.717, 1.165) is 0 Å². The van der Waals surface area contributed by atoms with Crippen molar-refractivity contribution in [3.05, 3.63) is 16.7 Å². The van der Waals surface area contributed by atoms with Crippen LogP contribution < -0.4 is 0 Å². The van der Waals surface area contributed by atoms with Gasteiger partial charge in [-0.2, -0.15) is 9.49 Å². The Morgan fingerprint density at radius 2 is 2.38 bits per heavy atom. The zero-order chi connectivity index (χ0) is 6.15. The number of aromatic nitrogens is 2. The molecule has 0 aliphatic heterocycles. The van der Waals surface area contributed by atoms with Gasteiger partial charge in [0.05, 0.1) is 0 Å². The summed E-state index contributed by atoms with van der Waals surface area (Å²) in [7, 11) is 0. The quantitative estimate of drug-likeness (QED) is 0.573. The molecule has 0 radical (unpaired) electrons. The lowest BCUT2D eigenvalue weighted by Crippen LogP contribution is -1.72. The van der Waals surface area contributed by atoms with Crippen molar-refractivity contribution in [2.24, 2.45) is 0 Å². The maximum absolute atomic E-state index is 12.1. The van der Waals surface area contributed by atoms with Gasteiger partial charge in [-0.25, -0.2) is 0 Å². The lowest BCUT2D eigenvalue weighted by atomic mass is 10.4. The summed E-state index contributed by atoms with van der Waals surface area (Å²) < 4.78 is 12.1. The standard InChI is InChI=1S/C4H4ClFN2/c1-2-3(5)7-8-4(2)6/h1H3,(H,7,8). The molecule has 1 N–H and O–H groups in total. The summed E-state index contributed by atoms with van der Waals surface area (Å²) in [6.07, 6.45) is 0. The molecular weight excluding hydrogens is 131 g/mol. The van der Waals surface area contributed by atoms with Gasteiger partial charge in [0.2, 0.25) is 5.95 Å². The van der Waals surface area contributed by atoms with Gasteiger partial charge in [-0.3, -0.25) is 5.10 Å². The smallest absolute Gasteiger partial charge is 0.213 e. The van der Waals surface area contributed by atoms with Crippen LogP contribution in [-0.2, 0) is 0 Å². The van der Waals surface area contributed by atoms with Crippen LogP contribution in [0.1, 0.15) is 5.56 Å². The maximum atomic E-state index is 12.1. The SMILES string of the molecule is Cc1c(Cl)n[nH]c1F. The molecule has 4 heteroatoms. The van der Waals surface area contributed by atoms with Crippen LogP contribution in [0.2, 0.25) is 5.15 Å². The predicted molar refractivity (Wildman–Crippen MR) is 28.3 cm³/mol. The Balaban J connectivity index is 3.19. The van der Waals surface area contributed by atoms with Crippen LogP contribution in [0.3, 0.4) is 0 Å². The van der Waals surface area contributed by atoms with Crippen molar-refractivity contribution in [3.8, 4) is 0 Å². The highest BCUT2D eigenvalue weighted by Crippen LogP contribution is 2.11. The number of halogens is 2. The van der Waals surface area contributed by atoms with Gasteiger partial charge >= 0.3 is 0 Å². The number of hydrogen-bond donors (Lipinski definition) is 1. The second-order valence-electron chi connectivity index (χ2n) is 1.45. The van der Waals surface area contributed by atoms with Crippen molar-refractivity contribution < 1.29 is 4.39 Å². The molecule has 1 aromatic heterocycles. The molecule has 44 valence electrons. The lowest BCUT2D eigenvalue weighted by molar-refractivity contribution is 0.572. The molecule has 0 aromatic carbocycles. The summed E-state index contributed by atoms with van der Waals surface area (Å²) in [5.74, 6) is -0.463. The number of nitrogens with one attached hydrogen (secondary N) is 1. The average molecular weight is 135 g/mol. The molecule has 0 bridgehead atoms. The molecule has 0 saturated heterocycles. The largest absolute Gasteiger partial charge is 0.251 e. The third-order valence-corrected chi connectivity index (χ3v) is 1.26. The van der Waals surface area contributed by atoms with Crippen LogP contribution in [0, 0.1) is 12.9 Å². The molecule has 1 aromatic rings. The third kappa shape index (κ3) is 0.690. The van der Waals surface area contributed by atoms with Crippen molar-refractivity contribution in [2.45, 2.75) is 6.92 Å². The molecule has 1 heterocycles. The molecule has 0 saturated carbocycles. The first-order valence-corrected chi connectivity index (χ1v) is 2.45. The maximum Gasteiger partial charge on any atom is 0.213 e. The Morgan fingerprint density at radius 3 is 2.50 bits per heavy atom. The first-order chi connectivity index (χ1) is 3.72. The second kappa shape index (κ2) is 1.74. The summed E-state index contributed by atoms with van der Waals surface area (Å²) >= 11 is 5.35. The normalized spacial score (nSPS) is 9.88. The van der Waals surface area contributed by atoms with E-state index in [9.17, 15) is 4.39 Å². The zero-order valence-corrected chi connectivity index (χ0v) is 4.96. The third-order valence-electron chi connectivity index (χ3n) is 0.891. The monoisotopic (exact) mass is 134 g/mol. The van der Waals surface area contributed by atoms with Gasteiger partial charge in [0.15, 0.2) is 5.15 Å². The van der Waals surface area contributed by atoms with Gasteiger partial charge < -0.3 is 0 Å². The molecule has 0 spiro atoms. The van der Waals surface area contributed by atoms with Crippen LogP contribution in [0.5, 0.6) is 0 Å². The fourth-order valence-corrected chi connectivity index (χ4v) is 0.482. The van der Waals surface area contributed by atoms with E-state index in [4.69, 9.17) is 11.6 Å². The van der Waals surface area contributed by atoms with Crippen LogP contribution >= 0.6 is 11.6 Å². The first-order valence-electron chi connectivity index (χ1n) is 2.08. The van der Waals surface area contributed by atoms with E-state index in [1.54, 1.807) is 6.92 Å². The fraction of sp³-hybridized carbons (Fsp3) is 0.250. The summed E-state index contributed by atoms with van der Waals surface area (Å²) in [4.78, 5) is 0. The Bertz CT molecular complexity index is 176. The molecular formula is C4H4ClFN2. The summed E-state index contributed by atoms with van der Waals surface area (Å²) in [5.41, 5.74) is 0.367. The summed E-state index contributed by atoms with van der Waals surface area (Å²) in [6, 6.07) is 0. The summed E-state index contributed by atoms with van der Waals surface area (Å²) in [6.45, 7) is 1.56. The van der Waals surface area contributed by atoms with E-state index in [-0.39, 0.29) is 5.15 Å². The van der Waals surface area contributed by atoms with E-state index < -0.39 is 5.95 Å². The molecule has 0 amide bonds. The number of H-pyrrole nitrogens is 1. The van der Waals surface area contributed by atoms with Gasteiger partial charge in [-0.1, -0.05) is 11.6 Å². The first kappa shape index (κ1) is 5.56. The van der Waals surface area contributed by atoms with Crippen LogP contribution in [0.25, 0.3) is 0 Å². The van der Waals surface area contributed by atoms with E-state index >= 15 is 0 Å². The molecule has 0 aliphatic rings. The topological polar surface area (TPSA) is 28.7 Å². The Kier molecular flexibility index (Phi) is 1.21. The molecule has 0 aliphatic carbocycles. The number of hydrogen-bond acceptors (Lipinski definition) is 1. The fourth-order valence-electron chi connectivity index (χ4n) is 0.356. The van der Waals surface area contributed by atoms with Gasteiger partial charge in [0.25, 0.3) is 0 Å². The van der Waals surface area contributed by atoms with Crippen LogP contribution in [0.4, 0.5) is 4.39 Å². The van der Waals surface area contributed by atoms with Gasteiger partial charge in [0.1, 0.15) is 0 Å². The lowest BCUT2D eigenvalue weighted by Gasteiger charge is -1.77. The highest BCUT2D eigenvalue weighted by atomic mass is 35.5. The minimum Gasteiger partial charge on any atom is -0.251 e.